The monoisotopic (exact) mass is 335 g/mol. The van der Waals surface area contributed by atoms with E-state index in [4.69, 9.17) is 23.2 Å². The summed E-state index contributed by atoms with van der Waals surface area (Å²) in [6.45, 7) is 4.02. The highest BCUT2D eigenvalue weighted by Gasteiger charge is 2.26. The van der Waals surface area contributed by atoms with Gasteiger partial charge in [0.2, 0.25) is 11.2 Å². The van der Waals surface area contributed by atoms with E-state index < -0.39 is 0 Å². The van der Waals surface area contributed by atoms with Crippen molar-refractivity contribution in [3.63, 3.8) is 0 Å². The molecule has 1 aromatic carbocycles. The fourth-order valence-corrected chi connectivity index (χ4v) is 3.09. The summed E-state index contributed by atoms with van der Waals surface area (Å²) >= 11 is 12.0. The maximum Gasteiger partial charge on any atom is 0.227 e. The third-order valence-electron chi connectivity index (χ3n) is 3.73. The van der Waals surface area contributed by atoms with Crippen molar-refractivity contribution < 1.29 is 4.79 Å². The maximum atomic E-state index is 12.2. The minimum Gasteiger partial charge on any atom is -0.310 e. The smallest absolute Gasteiger partial charge is 0.227 e. The molecule has 0 radical (unpaired) electrons. The van der Waals surface area contributed by atoms with Crippen LogP contribution in [0.4, 0.5) is 5.69 Å². The van der Waals surface area contributed by atoms with Crippen molar-refractivity contribution in [2.24, 2.45) is 0 Å². The molecule has 1 amide bonds. The number of aryl methyl sites for hydroxylation is 1. The highest BCUT2D eigenvalue weighted by molar-refractivity contribution is 6.33. The number of hydrogen-bond acceptors (Lipinski definition) is 3. The zero-order chi connectivity index (χ0) is 15.9. The molecule has 0 aliphatic carbocycles. The van der Waals surface area contributed by atoms with Gasteiger partial charge in [-0.2, -0.15) is 0 Å². The first-order valence-corrected chi connectivity index (χ1v) is 7.86. The molecule has 0 atom stereocenters. The van der Waals surface area contributed by atoms with Crippen LogP contribution in [-0.2, 0) is 11.2 Å². The molecule has 1 aliphatic rings. The Kier molecular flexibility index (Phi) is 4.06. The number of rotatable bonds is 2. The summed E-state index contributed by atoms with van der Waals surface area (Å²) in [5.74, 6) is 0.145. The summed E-state index contributed by atoms with van der Waals surface area (Å²) in [7, 11) is 0. The van der Waals surface area contributed by atoms with Gasteiger partial charge in [-0.3, -0.25) is 4.79 Å². The van der Waals surface area contributed by atoms with Crippen molar-refractivity contribution in [1.29, 1.82) is 0 Å². The Bertz CT molecular complexity index is 746. The van der Waals surface area contributed by atoms with E-state index in [1.54, 1.807) is 0 Å². The van der Waals surface area contributed by atoms with E-state index >= 15 is 0 Å². The second-order valence-corrected chi connectivity index (χ2v) is 6.28. The fraction of sp³-hybridized carbons (Fsp3) is 0.312. The lowest BCUT2D eigenvalue weighted by molar-refractivity contribution is -0.119. The second-order valence-electron chi connectivity index (χ2n) is 5.54. The number of halogens is 2. The first kappa shape index (κ1) is 15.3. The summed E-state index contributed by atoms with van der Waals surface area (Å²) in [4.78, 5) is 22.1. The Labute approximate surface area is 139 Å². The first-order chi connectivity index (χ1) is 10.5. The van der Waals surface area contributed by atoms with Crippen LogP contribution in [0, 0.1) is 0 Å². The van der Waals surface area contributed by atoms with Crippen LogP contribution in [0.3, 0.4) is 0 Å². The molecule has 22 heavy (non-hydrogen) atoms. The zero-order valence-electron chi connectivity index (χ0n) is 12.3. The van der Waals surface area contributed by atoms with Crippen molar-refractivity contribution in [3.05, 3.63) is 40.3 Å². The van der Waals surface area contributed by atoms with Crippen molar-refractivity contribution in [2.45, 2.75) is 32.7 Å². The number of benzene rings is 1. The molecular weight excluding hydrogens is 321 g/mol. The van der Waals surface area contributed by atoms with E-state index in [1.807, 2.05) is 36.9 Å². The first-order valence-electron chi connectivity index (χ1n) is 7.11. The zero-order valence-corrected chi connectivity index (χ0v) is 13.8. The van der Waals surface area contributed by atoms with Gasteiger partial charge in [-0.05, 0) is 43.5 Å². The quantitative estimate of drug-likeness (QED) is 0.775. The average Bonchev–Trinajstić information content (AvgIpc) is 2.48. The van der Waals surface area contributed by atoms with Crippen molar-refractivity contribution in [1.82, 2.24) is 9.97 Å². The SMILES string of the molecule is CC(C)N1C(=O)CCc2ccc(-c3nc(Cl)ncc3Cl)cc21. The van der Waals surface area contributed by atoms with Gasteiger partial charge in [-0.25, -0.2) is 9.97 Å². The van der Waals surface area contributed by atoms with Gasteiger partial charge in [0.15, 0.2) is 0 Å². The lowest BCUT2D eigenvalue weighted by atomic mass is 9.97. The van der Waals surface area contributed by atoms with Crippen molar-refractivity contribution in [3.8, 4) is 11.3 Å². The number of amides is 1. The molecule has 1 aliphatic heterocycles. The van der Waals surface area contributed by atoms with Gasteiger partial charge in [0.25, 0.3) is 0 Å². The van der Waals surface area contributed by atoms with E-state index in [1.165, 1.54) is 6.20 Å². The summed E-state index contributed by atoms with van der Waals surface area (Å²) in [5.41, 5.74) is 3.49. The highest BCUT2D eigenvalue weighted by Crippen LogP contribution is 2.35. The normalized spacial score (nSPS) is 14.4. The van der Waals surface area contributed by atoms with Crippen LogP contribution in [0.25, 0.3) is 11.3 Å². The molecule has 0 saturated heterocycles. The molecule has 0 N–H and O–H groups in total. The minimum atomic E-state index is 0.103. The molecule has 1 aromatic heterocycles. The van der Waals surface area contributed by atoms with Crippen LogP contribution in [0.1, 0.15) is 25.8 Å². The number of carbonyl (C=O) groups excluding carboxylic acids is 1. The average molecular weight is 336 g/mol. The third kappa shape index (κ3) is 2.69. The Morgan fingerprint density at radius 2 is 2.00 bits per heavy atom. The van der Waals surface area contributed by atoms with Crippen LogP contribution in [0.15, 0.2) is 24.4 Å². The molecule has 6 heteroatoms. The minimum absolute atomic E-state index is 0.103. The van der Waals surface area contributed by atoms with Crippen molar-refractivity contribution in [2.75, 3.05) is 4.90 Å². The summed E-state index contributed by atoms with van der Waals surface area (Å²) < 4.78 is 0. The second kappa shape index (κ2) is 5.86. The van der Waals surface area contributed by atoms with Crippen LogP contribution in [0.2, 0.25) is 10.3 Å². The lowest BCUT2D eigenvalue weighted by Gasteiger charge is -2.33. The molecule has 0 unspecified atom stereocenters. The highest BCUT2D eigenvalue weighted by atomic mass is 35.5. The Balaban J connectivity index is 2.13. The van der Waals surface area contributed by atoms with Crippen LogP contribution < -0.4 is 4.90 Å². The third-order valence-corrected chi connectivity index (χ3v) is 4.18. The molecule has 0 saturated carbocycles. The van der Waals surface area contributed by atoms with Crippen LogP contribution >= 0.6 is 23.2 Å². The number of fused-ring (bicyclic) bond motifs is 1. The van der Waals surface area contributed by atoms with Gasteiger partial charge in [0.1, 0.15) is 0 Å². The van der Waals surface area contributed by atoms with Gasteiger partial charge in [-0.15, -0.1) is 0 Å². The molecule has 114 valence electrons. The molecule has 2 heterocycles. The number of nitrogens with zero attached hydrogens (tertiary/aromatic N) is 3. The van der Waals surface area contributed by atoms with E-state index in [-0.39, 0.29) is 17.2 Å². The van der Waals surface area contributed by atoms with Crippen LogP contribution in [-0.4, -0.2) is 21.9 Å². The van der Waals surface area contributed by atoms with Gasteiger partial charge < -0.3 is 4.90 Å². The molecule has 2 aromatic rings. The standard InChI is InChI=1S/C16H15Cl2N3O/c1-9(2)21-13-7-11(4-3-10(13)5-6-14(21)22)15-12(17)8-19-16(18)20-15/h3-4,7-9H,5-6H2,1-2H3. The van der Waals surface area contributed by atoms with Gasteiger partial charge >= 0.3 is 0 Å². The van der Waals surface area contributed by atoms with E-state index in [2.05, 4.69) is 9.97 Å². The Morgan fingerprint density at radius 1 is 1.23 bits per heavy atom. The molecule has 4 nitrogen and oxygen atoms in total. The van der Waals surface area contributed by atoms with Gasteiger partial charge in [0, 0.05) is 23.7 Å². The summed E-state index contributed by atoms with van der Waals surface area (Å²) in [6, 6.07) is 6.04. The maximum absolute atomic E-state index is 12.2. The molecular formula is C16H15Cl2N3O. The van der Waals surface area contributed by atoms with Gasteiger partial charge in [0.05, 0.1) is 16.9 Å². The van der Waals surface area contributed by atoms with E-state index in [0.717, 1.165) is 23.2 Å². The van der Waals surface area contributed by atoms with Gasteiger partial charge in [-0.1, -0.05) is 23.7 Å². The number of anilines is 1. The number of carbonyl (C=O) groups is 1. The topological polar surface area (TPSA) is 46.1 Å². The predicted molar refractivity (Wildman–Crippen MR) is 88.4 cm³/mol. The lowest BCUT2D eigenvalue weighted by Crippen LogP contribution is -2.40. The van der Waals surface area contributed by atoms with Crippen LogP contribution in [0.5, 0.6) is 0 Å². The fourth-order valence-electron chi connectivity index (χ4n) is 2.76. The molecule has 0 spiro atoms. The largest absolute Gasteiger partial charge is 0.310 e. The summed E-state index contributed by atoms with van der Waals surface area (Å²) in [5, 5.41) is 0.580. The number of aromatic nitrogens is 2. The van der Waals surface area contributed by atoms with Crippen molar-refractivity contribution >= 4 is 34.8 Å². The summed E-state index contributed by atoms with van der Waals surface area (Å²) in [6.07, 6.45) is 2.79. The van der Waals surface area contributed by atoms with E-state index in [0.29, 0.717) is 17.1 Å². The Hall–Kier alpha value is -1.65. The number of hydrogen-bond donors (Lipinski definition) is 0. The molecule has 0 fully saturated rings. The molecule has 3 rings (SSSR count). The predicted octanol–water partition coefficient (Wildman–Crippen LogP) is 4.14. The van der Waals surface area contributed by atoms with E-state index in [9.17, 15) is 4.79 Å². The molecule has 0 bridgehead atoms. The Morgan fingerprint density at radius 3 is 2.73 bits per heavy atom.